The lowest BCUT2D eigenvalue weighted by molar-refractivity contribution is 0.140. The molecule has 1 aromatic carbocycles. The average Bonchev–Trinajstić information content (AvgIpc) is 2.90. The van der Waals surface area contributed by atoms with Crippen LogP contribution in [-0.2, 0) is 6.42 Å². The van der Waals surface area contributed by atoms with E-state index in [-0.39, 0.29) is 0 Å². The van der Waals surface area contributed by atoms with Crippen molar-refractivity contribution in [1.82, 2.24) is 10.3 Å². The summed E-state index contributed by atoms with van der Waals surface area (Å²) in [5, 5.41) is 3.69. The highest BCUT2D eigenvalue weighted by molar-refractivity contribution is 5.72. The van der Waals surface area contributed by atoms with Crippen LogP contribution in [0.3, 0.4) is 0 Å². The maximum atomic E-state index is 5.93. The lowest BCUT2D eigenvalue weighted by Gasteiger charge is -2.41. The summed E-state index contributed by atoms with van der Waals surface area (Å²) < 4.78 is 5.93. The first-order valence-electron chi connectivity index (χ1n) is 8.29. The summed E-state index contributed by atoms with van der Waals surface area (Å²) in [7, 11) is 0. The number of para-hydroxylation sites is 2. The van der Waals surface area contributed by atoms with Crippen LogP contribution in [0.25, 0.3) is 11.1 Å². The van der Waals surface area contributed by atoms with Gasteiger partial charge >= 0.3 is 0 Å². The predicted octanol–water partition coefficient (Wildman–Crippen LogP) is 4.32. The van der Waals surface area contributed by atoms with E-state index in [2.05, 4.69) is 24.1 Å². The van der Waals surface area contributed by atoms with Crippen molar-refractivity contribution in [2.24, 2.45) is 5.41 Å². The molecule has 0 bridgehead atoms. The molecule has 0 radical (unpaired) electrons. The van der Waals surface area contributed by atoms with Gasteiger partial charge in [0.2, 0.25) is 0 Å². The Morgan fingerprint density at radius 2 is 2.00 bits per heavy atom. The van der Waals surface area contributed by atoms with Gasteiger partial charge in [-0.15, -0.1) is 0 Å². The fraction of sp³-hybridized carbons (Fsp3) is 0.611. The molecule has 1 atom stereocenters. The monoisotopic (exact) mass is 286 g/mol. The van der Waals surface area contributed by atoms with Gasteiger partial charge in [-0.25, -0.2) is 4.98 Å². The Hall–Kier alpha value is -1.35. The number of fused-ring (bicyclic) bond motifs is 1. The molecule has 2 aromatic rings. The number of hydrogen-bond donors (Lipinski definition) is 1. The van der Waals surface area contributed by atoms with Crippen molar-refractivity contribution < 1.29 is 4.42 Å². The molecular formula is C18H26N2O. The van der Waals surface area contributed by atoms with E-state index in [1.807, 2.05) is 24.3 Å². The molecule has 3 heteroatoms. The standard InChI is InChI=1S/C18H26N2O/c1-3-19-16(18(2)11-7-4-8-12-18)13-17-20-14-9-5-6-10-15(14)21-17/h5-6,9-10,16,19H,3-4,7-8,11-13H2,1-2H3. The van der Waals surface area contributed by atoms with Crippen molar-refractivity contribution in [3.05, 3.63) is 30.2 Å². The highest BCUT2D eigenvalue weighted by Crippen LogP contribution is 2.40. The summed E-state index contributed by atoms with van der Waals surface area (Å²) >= 11 is 0. The fourth-order valence-electron chi connectivity index (χ4n) is 3.70. The third-order valence-electron chi connectivity index (χ3n) is 5.00. The zero-order chi connectivity index (χ0) is 14.7. The van der Waals surface area contributed by atoms with Crippen molar-refractivity contribution >= 4 is 11.1 Å². The number of oxazole rings is 1. The van der Waals surface area contributed by atoms with Crippen LogP contribution in [0.15, 0.2) is 28.7 Å². The van der Waals surface area contributed by atoms with Gasteiger partial charge in [-0.05, 0) is 36.9 Å². The largest absolute Gasteiger partial charge is 0.441 e. The highest BCUT2D eigenvalue weighted by Gasteiger charge is 2.35. The van der Waals surface area contributed by atoms with Gasteiger partial charge in [0.15, 0.2) is 11.5 Å². The maximum Gasteiger partial charge on any atom is 0.197 e. The molecule has 1 aliphatic rings. The summed E-state index contributed by atoms with van der Waals surface area (Å²) in [6.45, 7) is 5.62. The quantitative estimate of drug-likeness (QED) is 0.889. The minimum absolute atomic E-state index is 0.370. The topological polar surface area (TPSA) is 38.1 Å². The van der Waals surface area contributed by atoms with Crippen LogP contribution in [0, 0.1) is 5.41 Å². The molecule has 1 fully saturated rings. The summed E-state index contributed by atoms with van der Waals surface area (Å²) in [4.78, 5) is 4.65. The minimum atomic E-state index is 0.370. The molecule has 3 rings (SSSR count). The Bertz CT molecular complexity index is 551. The van der Waals surface area contributed by atoms with Crippen molar-refractivity contribution in [3.8, 4) is 0 Å². The van der Waals surface area contributed by atoms with E-state index in [0.29, 0.717) is 11.5 Å². The number of nitrogens with one attached hydrogen (secondary N) is 1. The van der Waals surface area contributed by atoms with Crippen LogP contribution in [0.1, 0.15) is 51.8 Å². The summed E-state index contributed by atoms with van der Waals surface area (Å²) in [6.07, 6.45) is 7.60. The summed E-state index contributed by atoms with van der Waals surface area (Å²) in [5.74, 6) is 0.869. The van der Waals surface area contributed by atoms with E-state index in [1.165, 1.54) is 32.1 Å². The third kappa shape index (κ3) is 3.13. The van der Waals surface area contributed by atoms with E-state index >= 15 is 0 Å². The second-order valence-electron chi connectivity index (χ2n) is 6.60. The lowest BCUT2D eigenvalue weighted by Crippen LogP contribution is -2.46. The van der Waals surface area contributed by atoms with Crippen LogP contribution in [0.2, 0.25) is 0 Å². The van der Waals surface area contributed by atoms with Gasteiger partial charge in [-0.2, -0.15) is 0 Å². The van der Waals surface area contributed by atoms with Crippen LogP contribution >= 0.6 is 0 Å². The average molecular weight is 286 g/mol. The number of benzene rings is 1. The minimum Gasteiger partial charge on any atom is -0.441 e. The van der Waals surface area contributed by atoms with Crippen LogP contribution in [0.5, 0.6) is 0 Å². The van der Waals surface area contributed by atoms with Gasteiger partial charge in [0.05, 0.1) is 0 Å². The summed E-state index contributed by atoms with van der Waals surface area (Å²) in [5.41, 5.74) is 2.24. The summed E-state index contributed by atoms with van der Waals surface area (Å²) in [6, 6.07) is 8.49. The second-order valence-corrected chi connectivity index (χ2v) is 6.60. The molecule has 0 amide bonds. The van der Waals surface area contributed by atoms with Gasteiger partial charge in [-0.1, -0.05) is 45.2 Å². The molecule has 1 heterocycles. The molecule has 1 unspecified atom stereocenters. The predicted molar refractivity (Wildman–Crippen MR) is 86.4 cm³/mol. The Morgan fingerprint density at radius 3 is 2.71 bits per heavy atom. The van der Waals surface area contributed by atoms with Gasteiger partial charge < -0.3 is 9.73 Å². The molecular weight excluding hydrogens is 260 g/mol. The van der Waals surface area contributed by atoms with E-state index < -0.39 is 0 Å². The first-order chi connectivity index (χ1) is 10.2. The van der Waals surface area contributed by atoms with Crippen molar-refractivity contribution in [2.75, 3.05) is 6.54 Å². The lowest BCUT2D eigenvalue weighted by atomic mass is 9.69. The first-order valence-corrected chi connectivity index (χ1v) is 8.29. The molecule has 1 aliphatic carbocycles. The van der Waals surface area contributed by atoms with Gasteiger partial charge in [0.1, 0.15) is 5.52 Å². The third-order valence-corrected chi connectivity index (χ3v) is 5.00. The normalized spacial score (nSPS) is 19.7. The Labute approximate surface area is 127 Å². The van der Waals surface area contributed by atoms with Crippen LogP contribution in [-0.4, -0.2) is 17.6 Å². The SMILES string of the molecule is CCNC(Cc1nc2ccccc2o1)C1(C)CCCCC1. The Balaban J connectivity index is 1.80. The maximum absolute atomic E-state index is 5.93. The second kappa shape index (κ2) is 6.18. The Kier molecular flexibility index (Phi) is 4.29. The molecule has 1 N–H and O–H groups in total. The molecule has 1 aromatic heterocycles. The van der Waals surface area contributed by atoms with Crippen LogP contribution < -0.4 is 5.32 Å². The van der Waals surface area contributed by atoms with E-state index in [0.717, 1.165) is 30.0 Å². The zero-order valence-corrected chi connectivity index (χ0v) is 13.2. The number of rotatable bonds is 5. The smallest absolute Gasteiger partial charge is 0.197 e. The molecule has 1 saturated carbocycles. The molecule has 114 valence electrons. The number of aromatic nitrogens is 1. The molecule has 21 heavy (non-hydrogen) atoms. The number of nitrogens with zero attached hydrogens (tertiary/aromatic N) is 1. The highest BCUT2D eigenvalue weighted by atomic mass is 16.3. The molecule has 3 nitrogen and oxygen atoms in total. The Morgan fingerprint density at radius 1 is 1.24 bits per heavy atom. The van der Waals surface area contributed by atoms with Crippen LogP contribution in [0.4, 0.5) is 0 Å². The van der Waals surface area contributed by atoms with Crippen molar-refractivity contribution in [3.63, 3.8) is 0 Å². The fourth-order valence-corrected chi connectivity index (χ4v) is 3.70. The van der Waals surface area contributed by atoms with Gasteiger partial charge in [0, 0.05) is 12.5 Å². The van der Waals surface area contributed by atoms with Crippen molar-refractivity contribution in [1.29, 1.82) is 0 Å². The molecule has 0 aliphatic heterocycles. The van der Waals surface area contributed by atoms with Gasteiger partial charge in [-0.3, -0.25) is 0 Å². The van der Waals surface area contributed by atoms with E-state index in [4.69, 9.17) is 4.42 Å². The first kappa shape index (κ1) is 14.6. The van der Waals surface area contributed by atoms with Gasteiger partial charge in [0.25, 0.3) is 0 Å². The number of hydrogen-bond acceptors (Lipinski definition) is 3. The molecule has 0 spiro atoms. The number of likely N-dealkylation sites (N-methyl/N-ethyl adjacent to an activating group) is 1. The van der Waals surface area contributed by atoms with E-state index in [9.17, 15) is 0 Å². The van der Waals surface area contributed by atoms with E-state index in [1.54, 1.807) is 0 Å². The molecule has 0 saturated heterocycles. The van der Waals surface area contributed by atoms with Crippen molar-refractivity contribution in [2.45, 2.75) is 58.4 Å². The zero-order valence-electron chi connectivity index (χ0n) is 13.2.